The number of hydrogen-bond donors (Lipinski definition) is 3. The van der Waals surface area contributed by atoms with Crippen LogP contribution in [0.25, 0.3) is 0 Å². The Balaban J connectivity index is 2.30. The summed E-state index contributed by atoms with van der Waals surface area (Å²) in [4.78, 5) is 25.8. The largest absolute Gasteiger partial charge is 0.508 e. The first-order valence-electron chi connectivity index (χ1n) is 5.69. The lowest BCUT2D eigenvalue weighted by Crippen LogP contribution is -2.52. The smallest absolute Gasteiger partial charge is 0.342 e. The molecule has 0 aromatic carbocycles. The molecule has 2 aliphatic heterocycles. The molecule has 3 N–H and O–H groups in total. The Morgan fingerprint density at radius 3 is 2.79 bits per heavy atom. The Labute approximate surface area is 110 Å². The number of aliphatic hydroxyl groups is 1. The number of likely N-dealkylation sites (N-methyl/N-ethyl adjacent to an activating group) is 1. The normalized spacial score (nSPS) is 22.3. The molecule has 2 rings (SSSR count). The molecule has 2 aliphatic rings. The summed E-state index contributed by atoms with van der Waals surface area (Å²) >= 11 is 0. The maximum Gasteiger partial charge on any atom is 0.342 e. The predicted molar refractivity (Wildman–Crippen MR) is 66.8 cm³/mol. The molecular weight excluding hydrogens is 250 g/mol. The van der Waals surface area contributed by atoms with Crippen LogP contribution in [0.1, 0.15) is 0 Å². The van der Waals surface area contributed by atoms with E-state index in [1.807, 2.05) is 19.0 Å². The van der Waals surface area contributed by atoms with Gasteiger partial charge in [0.15, 0.2) is 6.17 Å². The second-order valence-electron chi connectivity index (χ2n) is 4.61. The van der Waals surface area contributed by atoms with Crippen molar-refractivity contribution in [2.75, 3.05) is 20.6 Å². The number of rotatable bonds is 3. The highest BCUT2D eigenvalue weighted by molar-refractivity contribution is 6.16. The first kappa shape index (κ1) is 13.2. The highest BCUT2D eigenvalue weighted by atomic mass is 16.4. The zero-order valence-electron chi connectivity index (χ0n) is 10.6. The molecule has 0 aliphatic carbocycles. The molecule has 1 atom stereocenters. The molecule has 0 bridgehead atoms. The Morgan fingerprint density at radius 1 is 1.53 bits per heavy atom. The highest BCUT2D eigenvalue weighted by Crippen LogP contribution is 2.23. The van der Waals surface area contributed by atoms with E-state index in [0.29, 0.717) is 12.1 Å². The zero-order valence-corrected chi connectivity index (χ0v) is 10.6. The average Bonchev–Trinajstić information content (AvgIpc) is 2.32. The zero-order chi connectivity index (χ0) is 14.2. The Morgan fingerprint density at radius 2 is 2.21 bits per heavy atom. The summed E-state index contributed by atoms with van der Waals surface area (Å²) in [6.07, 6.45) is 3.47. The van der Waals surface area contributed by atoms with Crippen molar-refractivity contribution in [2.45, 2.75) is 6.17 Å². The van der Waals surface area contributed by atoms with Crippen LogP contribution in [0, 0.1) is 0 Å². The van der Waals surface area contributed by atoms with Crippen LogP contribution in [0.15, 0.2) is 35.4 Å². The fraction of sp³-hybridized carbons (Fsp3) is 0.333. The predicted octanol–water partition coefficient (Wildman–Crippen LogP) is -0.386. The number of hydrogen-bond acceptors (Lipinski definition) is 5. The summed E-state index contributed by atoms with van der Waals surface area (Å²) in [5.74, 6) is -1.93. The molecule has 19 heavy (non-hydrogen) atoms. The van der Waals surface area contributed by atoms with Crippen LogP contribution in [-0.2, 0) is 9.59 Å². The van der Waals surface area contributed by atoms with Crippen molar-refractivity contribution in [1.82, 2.24) is 15.1 Å². The maximum atomic E-state index is 11.9. The number of fused-ring (bicyclic) bond motifs is 1. The number of carbonyl (C=O) groups is 2. The van der Waals surface area contributed by atoms with Crippen LogP contribution < -0.4 is 5.32 Å². The molecule has 0 aromatic rings. The van der Waals surface area contributed by atoms with Gasteiger partial charge in [0.25, 0.3) is 5.91 Å². The molecule has 0 radical (unpaired) electrons. The van der Waals surface area contributed by atoms with E-state index >= 15 is 0 Å². The monoisotopic (exact) mass is 265 g/mol. The number of carboxylic acid groups (broad SMARTS) is 1. The number of carbonyl (C=O) groups excluding carboxylic acids is 1. The summed E-state index contributed by atoms with van der Waals surface area (Å²) in [5, 5.41) is 21.7. The van der Waals surface area contributed by atoms with E-state index in [1.165, 1.54) is 6.20 Å². The van der Waals surface area contributed by atoms with E-state index in [4.69, 9.17) is 5.11 Å². The standard InChI is InChI=1S/C12H15N3O4/c1-14(2)6-7-3-4-15-10(9(7)16)13-5-8(11(15)17)12(18)19/h3-5,10,13,16H,6H2,1-2H3,(H,18,19). The van der Waals surface area contributed by atoms with Gasteiger partial charge in [-0.2, -0.15) is 0 Å². The quantitative estimate of drug-likeness (QED) is 0.602. The van der Waals surface area contributed by atoms with Gasteiger partial charge in [-0.1, -0.05) is 0 Å². The van der Waals surface area contributed by atoms with Crippen LogP contribution in [-0.4, -0.2) is 58.7 Å². The summed E-state index contributed by atoms with van der Waals surface area (Å²) in [7, 11) is 3.73. The SMILES string of the molecule is CN(C)CC1=C(O)C2NC=C(C(=O)O)C(=O)N2C=C1. The van der Waals surface area contributed by atoms with Gasteiger partial charge in [-0.25, -0.2) is 4.79 Å². The summed E-state index contributed by atoms with van der Waals surface area (Å²) < 4.78 is 0. The minimum absolute atomic E-state index is 0.0187. The van der Waals surface area contributed by atoms with E-state index in [2.05, 4.69) is 5.32 Å². The lowest BCUT2D eigenvalue weighted by Gasteiger charge is -2.35. The number of aliphatic hydroxyl groups excluding tert-OH is 1. The van der Waals surface area contributed by atoms with Crippen LogP contribution in [0.3, 0.4) is 0 Å². The Hall–Kier alpha value is -2.28. The molecule has 0 saturated carbocycles. The van der Waals surface area contributed by atoms with Gasteiger partial charge in [0.2, 0.25) is 0 Å². The molecule has 102 valence electrons. The van der Waals surface area contributed by atoms with Gasteiger partial charge in [-0.05, 0) is 20.2 Å². The van der Waals surface area contributed by atoms with E-state index in [9.17, 15) is 14.7 Å². The number of nitrogens with zero attached hydrogens (tertiary/aromatic N) is 2. The van der Waals surface area contributed by atoms with Crippen LogP contribution in [0.4, 0.5) is 0 Å². The molecule has 7 nitrogen and oxygen atoms in total. The van der Waals surface area contributed by atoms with Crippen molar-refractivity contribution in [3.63, 3.8) is 0 Å². The second-order valence-corrected chi connectivity index (χ2v) is 4.61. The fourth-order valence-electron chi connectivity index (χ4n) is 1.98. The summed E-state index contributed by atoms with van der Waals surface area (Å²) in [6.45, 7) is 0.526. The van der Waals surface area contributed by atoms with Crippen molar-refractivity contribution in [3.8, 4) is 0 Å². The number of nitrogens with one attached hydrogen (secondary N) is 1. The maximum absolute atomic E-state index is 11.9. The van der Waals surface area contributed by atoms with Crippen molar-refractivity contribution in [3.05, 3.63) is 35.4 Å². The van der Waals surface area contributed by atoms with Gasteiger partial charge in [-0.3, -0.25) is 9.69 Å². The fourth-order valence-corrected chi connectivity index (χ4v) is 1.98. The molecule has 1 unspecified atom stereocenters. The number of aliphatic carboxylic acids is 1. The lowest BCUT2D eigenvalue weighted by molar-refractivity contribution is -0.138. The Kier molecular flexibility index (Phi) is 3.30. The minimum Gasteiger partial charge on any atom is -0.508 e. The first-order valence-corrected chi connectivity index (χ1v) is 5.69. The third-order valence-corrected chi connectivity index (χ3v) is 2.87. The molecule has 7 heteroatoms. The molecule has 1 amide bonds. The third kappa shape index (κ3) is 2.32. The van der Waals surface area contributed by atoms with E-state index in [0.717, 1.165) is 11.1 Å². The van der Waals surface area contributed by atoms with Gasteiger partial charge in [0, 0.05) is 24.5 Å². The topological polar surface area (TPSA) is 93.1 Å². The van der Waals surface area contributed by atoms with Gasteiger partial charge < -0.3 is 20.4 Å². The number of carboxylic acids is 1. The Bertz CT molecular complexity index is 519. The number of amides is 1. The van der Waals surface area contributed by atoms with Crippen molar-refractivity contribution in [2.24, 2.45) is 0 Å². The van der Waals surface area contributed by atoms with Crippen molar-refractivity contribution < 1.29 is 19.8 Å². The van der Waals surface area contributed by atoms with Crippen molar-refractivity contribution in [1.29, 1.82) is 0 Å². The second kappa shape index (κ2) is 4.77. The van der Waals surface area contributed by atoms with E-state index in [1.54, 1.807) is 6.08 Å². The van der Waals surface area contributed by atoms with Gasteiger partial charge in [0.05, 0.1) is 0 Å². The molecule has 0 fully saturated rings. The third-order valence-electron chi connectivity index (χ3n) is 2.87. The summed E-state index contributed by atoms with van der Waals surface area (Å²) in [5.41, 5.74) is 0.323. The molecule has 0 aromatic heterocycles. The highest BCUT2D eigenvalue weighted by Gasteiger charge is 2.36. The average molecular weight is 265 g/mol. The van der Waals surface area contributed by atoms with Gasteiger partial charge in [-0.15, -0.1) is 0 Å². The van der Waals surface area contributed by atoms with Crippen LogP contribution in [0.2, 0.25) is 0 Å². The van der Waals surface area contributed by atoms with E-state index < -0.39 is 18.0 Å². The van der Waals surface area contributed by atoms with Crippen LogP contribution >= 0.6 is 0 Å². The van der Waals surface area contributed by atoms with Crippen LogP contribution in [0.5, 0.6) is 0 Å². The molecule has 2 heterocycles. The molecule has 0 saturated heterocycles. The lowest BCUT2D eigenvalue weighted by atomic mass is 10.1. The van der Waals surface area contributed by atoms with Gasteiger partial charge in [0.1, 0.15) is 11.3 Å². The molecule has 0 spiro atoms. The van der Waals surface area contributed by atoms with E-state index in [-0.39, 0.29) is 11.3 Å². The first-order chi connectivity index (χ1) is 8.91. The molecular formula is C12H15N3O4. The summed E-state index contributed by atoms with van der Waals surface area (Å²) in [6, 6.07) is 0. The van der Waals surface area contributed by atoms with Gasteiger partial charge >= 0.3 is 5.97 Å². The van der Waals surface area contributed by atoms with Crippen molar-refractivity contribution >= 4 is 11.9 Å². The minimum atomic E-state index is -1.30.